The van der Waals surface area contributed by atoms with Crippen LogP contribution in [0.5, 0.6) is 11.5 Å². The van der Waals surface area contributed by atoms with Crippen molar-refractivity contribution in [1.29, 1.82) is 0 Å². The zero-order chi connectivity index (χ0) is 18.8. The maximum absolute atomic E-state index is 11.6. The third-order valence-electron chi connectivity index (χ3n) is 3.40. The Labute approximate surface area is 147 Å². The molecule has 1 aromatic carbocycles. The summed E-state index contributed by atoms with van der Waals surface area (Å²) < 4.78 is 20.4. The highest BCUT2D eigenvalue weighted by Gasteiger charge is 2.18. The average Bonchev–Trinajstić information content (AvgIpc) is 2.55. The van der Waals surface area contributed by atoms with Crippen LogP contribution in [0.3, 0.4) is 0 Å². The molecule has 0 bridgehead atoms. The zero-order valence-electron chi connectivity index (χ0n) is 15.0. The molecule has 0 saturated heterocycles. The first-order chi connectivity index (χ1) is 11.9. The fraction of sp³-hybridized carbons (Fsp3) is 0.500. The van der Waals surface area contributed by atoms with Crippen LogP contribution in [-0.2, 0) is 23.9 Å². The molecule has 0 saturated carbocycles. The summed E-state index contributed by atoms with van der Waals surface area (Å²) in [5.74, 6) is -0.686. The zero-order valence-corrected chi connectivity index (χ0v) is 15.0. The van der Waals surface area contributed by atoms with E-state index >= 15 is 0 Å². The molecule has 0 radical (unpaired) electrons. The number of esters is 3. The van der Waals surface area contributed by atoms with Crippen molar-refractivity contribution in [2.45, 2.75) is 39.5 Å². The van der Waals surface area contributed by atoms with E-state index in [1.54, 1.807) is 25.1 Å². The molecule has 0 aromatic heterocycles. The monoisotopic (exact) mass is 352 g/mol. The van der Waals surface area contributed by atoms with Gasteiger partial charge in [0.2, 0.25) is 0 Å². The lowest BCUT2D eigenvalue weighted by atomic mass is 9.94. The van der Waals surface area contributed by atoms with E-state index in [1.807, 2.05) is 0 Å². The van der Waals surface area contributed by atoms with E-state index in [9.17, 15) is 14.4 Å². The van der Waals surface area contributed by atoms with E-state index in [0.29, 0.717) is 24.5 Å². The second-order valence-corrected chi connectivity index (χ2v) is 5.35. The quantitative estimate of drug-likeness (QED) is 0.498. The normalized spacial score (nSPS) is 11.4. The van der Waals surface area contributed by atoms with E-state index < -0.39 is 11.9 Å². The molecule has 0 aliphatic heterocycles. The van der Waals surface area contributed by atoms with Crippen LogP contribution in [0.15, 0.2) is 18.2 Å². The fourth-order valence-electron chi connectivity index (χ4n) is 2.27. The molecule has 0 fully saturated rings. The summed E-state index contributed by atoms with van der Waals surface area (Å²) in [4.78, 5) is 33.9. The van der Waals surface area contributed by atoms with Gasteiger partial charge >= 0.3 is 17.9 Å². The van der Waals surface area contributed by atoms with Gasteiger partial charge < -0.3 is 18.9 Å². The van der Waals surface area contributed by atoms with Gasteiger partial charge in [-0.05, 0) is 31.0 Å². The predicted molar refractivity (Wildman–Crippen MR) is 89.5 cm³/mol. The highest BCUT2D eigenvalue weighted by molar-refractivity contribution is 5.71. The molecule has 1 aromatic rings. The molecule has 1 atom stereocenters. The number of carbonyl (C=O) groups excluding carboxylic acids is 3. The van der Waals surface area contributed by atoms with Crippen LogP contribution in [0.25, 0.3) is 0 Å². The molecular weight excluding hydrogens is 328 g/mol. The predicted octanol–water partition coefficient (Wildman–Crippen LogP) is 2.61. The molecular formula is C18H24O7. The topological polar surface area (TPSA) is 88.1 Å². The smallest absolute Gasteiger partial charge is 0.308 e. The van der Waals surface area contributed by atoms with Gasteiger partial charge in [-0.25, -0.2) is 0 Å². The standard InChI is InChI=1S/C18H24O7/c1-5-23-18(21)9-7-15(11-24-12(2)19)14-6-8-16(25-13(3)20)17(10-14)22-4/h6,8,10,15H,5,7,9,11H2,1-4H3/t15-/m1/s1. The number of carbonyl (C=O) groups is 3. The first-order valence-corrected chi connectivity index (χ1v) is 8.02. The van der Waals surface area contributed by atoms with Crippen LogP contribution in [0.4, 0.5) is 0 Å². The maximum Gasteiger partial charge on any atom is 0.308 e. The van der Waals surface area contributed by atoms with Crippen molar-refractivity contribution in [3.63, 3.8) is 0 Å². The van der Waals surface area contributed by atoms with Crippen LogP contribution in [0.2, 0.25) is 0 Å². The third kappa shape index (κ3) is 7.24. The Morgan fingerprint density at radius 1 is 1.04 bits per heavy atom. The van der Waals surface area contributed by atoms with Gasteiger partial charge in [-0.2, -0.15) is 0 Å². The van der Waals surface area contributed by atoms with Gasteiger partial charge in [-0.15, -0.1) is 0 Å². The molecule has 25 heavy (non-hydrogen) atoms. The number of ether oxygens (including phenoxy) is 4. The number of benzene rings is 1. The minimum atomic E-state index is -0.454. The minimum absolute atomic E-state index is 0.130. The van der Waals surface area contributed by atoms with Crippen molar-refractivity contribution < 1.29 is 33.3 Å². The molecule has 0 spiro atoms. The first-order valence-electron chi connectivity index (χ1n) is 8.02. The van der Waals surface area contributed by atoms with Gasteiger partial charge in [0.05, 0.1) is 20.3 Å². The molecule has 0 aliphatic carbocycles. The molecule has 1 rings (SSSR count). The summed E-state index contributed by atoms with van der Waals surface area (Å²) in [5, 5.41) is 0. The Kier molecular flexibility index (Phi) is 8.46. The number of rotatable bonds is 9. The van der Waals surface area contributed by atoms with Crippen molar-refractivity contribution in [2.75, 3.05) is 20.3 Å². The highest BCUT2D eigenvalue weighted by atomic mass is 16.6. The van der Waals surface area contributed by atoms with Crippen molar-refractivity contribution >= 4 is 17.9 Å². The summed E-state index contributed by atoms with van der Waals surface area (Å²) >= 11 is 0. The van der Waals surface area contributed by atoms with Crippen LogP contribution in [0.1, 0.15) is 45.1 Å². The Balaban J connectivity index is 2.96. The summed E-state index contributed by atoms with van der Waals surface area (Å²) in [7, 11) is 1.46. The Hall–Kier alpha value is -2.57. The van der Waals surface area contributed by atoms with Gasteiger partial charge in [-0.1, -0.05) is 6.07 Å². The highest BCUT2D eigenvalue weighted by Crippen LogP contribution is 2.33. The Morgan fingerprint density at radius 2 is 1.76 bits per heavy atom. The number of methoxy groups -OCH3 is 1. The molecule has 7 nitrogen and oxygen atoms in total. The molecule has 0 unspecified atom stereocenters. The summed E-state index contributed by atoms with van der Waals surface area (Å²) in [5.41, 5.74) is 0.804. The molecule has 0 N–H and O–H groups in total. The van der Waals surface area contributed by atoms with E-state index in [2.05, 4.69) is 0 Å². The van der Waals surface area contributed by atoms with E-state index in [-0.39, 0.29) is 24.9 Å². The SMILES string of the molecule is CCOC(=O)CC[C@H](COC(C)=O)c1ccc(OC(C)=O)c(OC)c1. The van der Waals surface area contributed by atoms with Crippen molar-refractivity contribution in [1.82, 2.24) is 0 Å². The van der Waals surface area contributed by atoms with E-state index in [4.69, 9.17) is 18.9 Å². The van der Waals surface area contributed by atoms with Crippen molar-refractivity contribution in [3.05, 3.63) is 23.8 Å². The maximum atomic E-state index is 11.6. The summed E-state index contributed by atoms with van der Waals surface area (Å²) in [6, 6.07) is 5.07. The lowest BCUT2D eigenvalue weighted by Gasteiger charge is -2.18. The average molecular weight is 352 g/mol. The van der Waals surface area contributed by atoms with Crippen LogP contribution in [-0.4, -0.2) is 38.2 Å². The largest absolute Gasteiger partial charge is 0.493 e. The molecule has 7 heteroatoms. The number of hydrogen-bond acceptors (Lipinski definition) is 7. The summed E-state index contributed by atoms with van der Waals surface area (Å²) in [6.07, 6.45) is 0.649. The second-order valence-electron chi connectivity index (χ2n) is 5.35. The van der Waals surface area contributed by atoms with Gasteiger partial charge in [0.15, 0.2) is 11.5 Å². The van der Waals surface area contributed by atoms with Crippen LogP contribution < -0.4 is 9.47 Å². The van der Waals surface area contributed by atoms with Crippen molar-refractivity contribution in [2.24, 2.45) is 0 Å². The lowest BCUT2D eigenvalue weighted by Crippen LogP contribution is -2.14. The van der Waals surface area contributed by atoms with Gasteiger partial charge in [0, 0.05) is 26.2 Å². The first kappa shape index (κ1) is 20.5. The van der Waals surface area contributed by atoms with Crippen LogP contribution >= 0.6 is 0 Å². The third-order valence-corrected chi connectivity index (χ3v) is 3.40. The van der Waals surface area contributed by atoms with Crippen molar-refractivity contribution in [3.8, 4) is 11.5 Å². The molecule has 0 heterocycles. The minimum Gasteiger partial charge on any atom is -0.493 e. The molecule has 0 amide bonds. The fourth-order valence-corrected chi connectivity index (χ4v) is 2.27. The Bertz CT molecular complexity index is 609. The van der Waals surface area contributed by atoms with Gasteiger partial charge in [-0.3, -0.25) is 14.4 Å². The molecule has 0 aliphatic rings. The summed E-state index contributed by atoms with van der Waals surface area (Å²) in [6.45, 7) is 4.82. The van der Waals surface area contributed by atoms with E-state index in [0.717, 1.165) is 5.56 Å². The lowest BCUT2D eigenvalue weighted by molar-refractivity contribution is -0.143. The van der Waals surface area contributed by atoms with Gasteiger partial charge in [0.25, 0.3) is 0 Å². The number of hydrogen-bond donors (Lipinski definition) is 0. The van der Waals surface area contributed by atoms with E-state index in [1.165, 1.54) is 21.0 Å². The Morgan fingerprint density at radius 3 is 2.32 bits per heavy atom. The van der Waals surface area contributed by atoms with Gasteiger partial charge in [0.1, 0.15) is 0 Å². The van der Waals surface area contributed by atoms with Crippen LogP contribution in [0, 0.1) is 0 Å². The molecule has 138 valence electrons. The second kappa shape index (κ2) is 10.3.